The van der Waals surface area contributed by atoms with Crippen LogP contribution in [-0.4, -0.2) is 72.8 Å². The summed E-state index contributed by atoms with van der Waals surface area (Å²) in [5, 5.41) is 8.26. The van der Waals surface area contributed by atoms with Gasteiger partial charge in [-0.25, -0.2) is 19.5 Å². The lowest BCUT2D eigenvalue weighted by Crippen LogP contribution is -2.46. The molecular formula is C23H26N8O. The standard InChI is InChI=1S/C23H26N8O/c1-3-18(30-9-11-32-12-10-30)4-2-17(1)28-23-27-15-21-19(5-8-31(21)29-23)16-13-20-22(26-14-16)25-7-6-24-20/h5-8,13-15,17-18H,1-4,9-12H2,(H,28,29)/t17-,18+. The van der Waals surface area contributed by atoms with E-state index < -0.39 is 0 Å². The van der Waals surface area contributed by atoms with Crippen LogP contribution in [0.3, 0.4) is 0 Å². The molecular weight excluding hydrogens is 404 g/mol. The Morgan fingerprint density at radius 3 is 2.66 bits per heavy atom. The Labute approximate surface area is 185 Å². The first kappa shape index (κ1) is 19.5. The molecule has 2 fully saturated rings. The van der Waals surface area contributed by atoms with Gasteiger partial charge in [-0.3, -0.25) is 9.88 Å². The Balaban J connectivity index is 1.16. The van der Waals surface area contributed by atoms with Crippen LogP contribution in [0.4, 0.5) is 5.95 Å². The van der Waals surface area contributed by atoms with Crippen molar-refractivity contribution >= 4 is 22.6 Å². The van der Waals surface area contributed by atoms with E-state index in [0.29, 0.717) is 23.7 Å². The molecule has 1 saturated heterocycles. The van der Waals surface area contributed by atoms with Crippen LogP contribution in [0.15, 0.2) is 43.1 Å². The monoisotopic (exact) mass is 430 g/mol. The second-order valence-corrected chi connectivity index (χ2v) is 8.56. The highest BCUT2D eigenvalue weighted by Gasteiger charge is 2.27. The summed E-state index contributed by atoms with van der Waals surface area (Å²) in [4.78, 5) is 20.2. The van der Waals surface area contributed by atoms with Gasteiger partial charge in [-0.1, -0.05) is 0 Å². The molecule has 0 spiro atoms. The van der Waals surface area contributed by atoms with Crippen molar-refractivity contribution < 1.29 is 4.74 Å². The van der Waals surface area contributed by atoms with Gasteiger partial charge < -0.3 is 10.1 Å². The van der Waals surface area contributed by atoms with Gasteiger partial charge in [-0.2, -0.15) is 0 Å². The predicted molar refractivity (Wildman–Crippen MR) is 121 cm³/mol. The Morgan fingerprint density at radius 1 is 0.938 bits per heavy atom. The maximum atomic E-state index is 5.49. The molecule has 0 atom stereocenters. The van der Waals surface area contributed by atoms with Gasteiger partial charge in [-0.15, -0.1) is 5.10 Å². The maximum absolute atomic E-state index is 5.49. The second kappa shape index (κ2) is 8.40. The molecule has 0 bridgehead atoms. The van der Waals surface area contributed by atoms with Gasteiger partial charge in [0.05, 0.1) is 24.9 Å². The van der Waals surface area contributed by atoms with Gasteiger partial charge in [0, 0.05) is 61.1 Å². The Hall–Kier alpha value is -3.17. The van der Waals surface area contributed by atoms with Crippen molar-refractivity contribution in [2.24, 2.45) is 0 Å². The van der Waals surface area contributed by atoms with E-state index in [0.717, 1.165) is 61.3 Å². The van der Waals surface area contributed by atoms with Crippen molar-refractivity contribution in [3.63, 3.8) is 0 Å². The number of pyridine rings is 1. The summed E-state index contributed by atoms with van der Waals surface area (Å²) in [5.74, 6) is 0.678. The van der Waals surface area contributed by atoms with E-state index in [9.17, 15) is 0 Å². The molecule has 1 aliphatic carbocycles. The lowest BCUT2D eigenvalue weighted by molar-refractivity contribution is 0.00790. The second-order valence-electron chi connectivity index (χ2n) is 8.56. The molecule has 1 N–H and O–H groups in total. The van der Waals surface area contributed by atoms with Crippen molar-refractivity contribution in [2.45, 2.75) is 37.8 Å². The Kier molecular flexibility index (Phi) is 5.12. The van der Waals surface area contributed by atoms with Crippen molar-refractivity contribution in [3.8, 4) is 11.1 Å². The Morgan fingerprint density at radius 2 is 1.78 bits per heavy atom. The van der Waals surface area contributed by atoms with Crippen molar-refractivity contribution in [3.05, 3.63) is 43.1 Å². The number of nitrogens with one attached hydrogen (secondary N) is 1. The lowest BCUT2D eigenvalue weighted by Gasteiger charge is -2.38. The molecule has 32 heavy (non-hydrogen) atoms. The SMILES string of the molecule is c1cnc2ncc(-c3ccn4nc(N[C@H]5CC[C@@H](N6CCOCC6)CC5)ncc34)cc2n1. The van der Waals surface area contributed by atoms with Crippen LogP contribution in [0.2, 0.25) is 0 Å². The maximum Gasteiger partial charge on any atom is 0.241 e. The van der Waals surface area contributed by atoms with Crippen molar-refractivity contribution in [1.29, 1.82) is 0 Å². The summed E-state index contributed by atoms with van der Waals surface area (Å²) < 4.78 is 7.37. The molecule has 0 unspecified atom stereocenters. The van der Waals surface area contributed by atoms with Crippen LogP contribution < -0.4 is 5.32 Å². The molecule has 1 aliphatic heterocycles. The number of anilines is 1. The topological polar surface area (TPSA) is 93.4 Å². The fourth-order valence-electron chi connectivity index (χ4n) is 4.93. The average molecular weight is 431 g/mol. The van der Waals surface area contributed by atoms with E-state index in [4.69, 9.17) is 9.84 Å². The van der Waals surface area contributed by atoms with Gasteiger partial charge in [0.25, 0.3) is 0 Å². The number of nitrogens with zero attached hydrogens (tertiary/aromatic N) is 7. The summed E-state index contributed by atoms with van der Waals surface area (Å²) in [6.45, 7) is 3.87. The van der Waals surface area contributed by atoms with Crippen molar-refractivity contribution in [1.82, 2.24) is 34.4 Å². The quantitative estimate of drug-likeness (QED) is 0.528. The number of rotatable bonds is 4. The van der Waals surface area contributed by atoms with E-state index in [2.05, 4.69) is 30.2 Å². The lowest BCUT2D eigenvalue weighted by atomic mass is 9.90. The zero-order valence-corrected chi connectivity index (χ0v) is 17.9. The first-order chi connectivity index (χ1) is 15.8. The van der Waals surface area contributed by atoms with Crippen LogP contribution in [0.25, 0.3) is 27.8 Å². The predicted octanol–water partition coefficient (Wildman–Crippen LogP) is 2.79. The number of fused-ring (bicyclic) bond motifs is 2. The number of hydrogen-bond donors (Lipinski definition) is 1. The molecule has 1 saturated carbocycles. The first-order valence-electron chi connectivity index (χ1n) is 11.3. The van der Waals surface area contributed by atoms with Crippen molar-refractivity contribution in [2.75, 3.05) is 31.6 Å². The molecule has 6 rings (SSSR count). The van der Waals surface area contributed by atoms with Gasteiger partial charge >= 0.3 is 0 Å². The average Bonchev–Trinajstić information content (AvgIpc) is 3.28. The van der Waals surface area contributed by atoms with Crippen LogP contribution in [0.1, 0.15) is 25.7 Å². The minimum absolute atomic E-state index is 0.419. The molecule has 4 aromatic heterocycles. The van der Waals surface area contributed by atoms with E-state index in [1.807, 2.05) is 35.2 Å². The third-order valence-electron chi connectivity index (χ3n) is 6.64. The van der Waals surface area contributed by atoms with E-state index in [1.54, 1.807) is 12.4 Å². The molecule has 0 amide bonds. The van der Waals surface area contributed by atoms with Gasteiger partial charge in [0.15, 0.2) is 5.65 Å². The largest absolute Gasteiger partial charge is 0.379 e. The van der Waals surface area contributed by atoms with E-state index in [-0.39, 0.29) is 0 Å². The third kappa shape index (κ3) is 3.78. The Bertz CT molecular complexity index is 1230. The zero-order valence-electron chi connectivity index (χ0n) is 17.9. The molecule has 9 nitrogen and oxygen atoms in total. The van der Waals surface area contributed by atoms with Gasteiger partial charge in [0.1, 0.15) is 5.52 Å². The first-order valence-corrected chi connectivity index (χ1v) is 11.3. The molecule has 164 valence electrons. The zero-order chi connectivity index (χ0) is 21.3. The summed E-state index contributed by atoms with van der Waals surface area (Å²) in [6, 6.07) is 5.15. The summed E-state index contributed by atoms with van der Waals surface area (Å²) in [5.41, 5.74) is 4.37. The number of morpholine rings is 1. The van der Waals surface area contributed by atoms with E-state index in [1.165, 1.54) is 12.8 Å². The van der Waals surface area contributed by atoms with Crippen LogP contribution in [0, 0.1) is 0 Å². The molecule has 0 radical (unpaired) electrons. The van der Waals surface area contributed by atoms with Crippen LogP contribution >= 0.6 is 0 Å². The minimum atomic E-state index is 0.419. The summed E-state index contributed by atoms with van der Waals surface area (Å²) in [6.07, 6.45) is 13.7. The number of aromatic nitrogens is 6. The number of ether oxygens (including phenoxy) is 1. The van der Waals surface area contributed by atoms with E-state index >= 15 is 0 Å². The molecule has 9 heteroatoms. The third-order valence-corrected chi connectivity index (χ3v) is 6.64. The fraction of sp³-hybridized carbons (Fsp3) is 0.435. The van der Waals surface area contributed by atoms with Crippen LogP contribution in [-0.2, 0) is 4.74 Å². The molecule has 5 heterocycles. The normalized spacial score (nSPS) is 22.4. The molecule has 2 aliphatic rings. The van der Waals surface area contributed by atoms with Gasteiger partial charge in [0.2, 0.25) is 5.95 Å². The van der Waals surface area contributed by atoms with Gasteiger partial charge in [-0.05, 0) is 37.8 Å². The fourth-order valence-corrected chi connectivity index (χ4v) is 4.93. The summed E-state index contributed by atoms with van der Waals surface area (Å²) in [7, 11) is 0. The highest BCUT2D eigenvalue weighted by Crippen LogP contribution is 2.28. The smallest absolute Gasteiger partial charge is 0.241 e. The highest BCUT2D eigenvalue weighted by atomic mass is 16.5. The number of hydrogen-bond acceptors (Lipinski definition) is 8. The highest BCUT2D eigenvalue weighted by molar-refractivity contribution is 5.84. The summed E-state index contributed by atoms with van der Waals surface area (Å²) >= 11 is 0. The molecule has 0 aromatic carbocycles. The molecule has 4 aromatic rings. The van der Waals surface area contributed by atoms with Crippen LogP contribution in [0.5, 0.6) is 0 Å². The minimum Gasteiger partial charge on any atom is -0.379 e.